The maximum absolute atomic E-state index is 12.2. The van der Waals surface area contributed by atoms with Crippen molar-refractivity contribution in [2.24, 2.45) is 0 Å². The monoisotopic (exact) mass is 400 g/mol. The number of fused-ring (bicyclic) bond motifs is 2. The second-order valence-electron chi connectivity index (χ2n) is 8.26. The summed E-state index contributed by atoms with van der Waals surface area (Å²) in [5.74, 6) is 0. The van der Waals surface area contributed by atoms with Gasteiger partial charge < -0.3 is 30.7 Å². The molecule has 3 N–H and O–H groups in total. The molecule has 4 aliphatic heterocycles. The first kappa shape index (κ1) is 19.6. The van der Waals surface area contributed by atoms with Crippen LogP contribution in [0.1, 0.15) is 26.2 Å². The van der Waals surface area contributed by atoms with Crippen LogP contribution in [-0.2, 0) is 0 Å². The second kappa shape index (κ2) is 7.98. The molecule has 4 saturated heterocycles. The molecule has 4 heterocycles. The van der Waals surface area contributed by atoms with Crippen LogP contribution in [0.25, 0.3) is 0 Å². The van der Waals surface area contributed by atoms with E-state index < -0.39 is 6.43 Å². The summed E-state index contributed by atoms with van der Waals surface area (Å²) in [6.07, 6.45) is -0.0762. The quantitative estimate of drug-likeness (QED) is 0.635. The molecule has 5 fully saturated rings. The van der Waals surface area contributed by atoms with Crippen LogP contribution < -0.4 is 16.0 Å². The van der Waals surface area contributed by atoms with Crippen LogP contribution in [0.3, 0.4) is 0 Å². The standard InChI is InChI=1S/C10H17N3O.C8H13F2N3O/c1-7-9-6-11-4-5-12(9)10(14)13(7)8-2-3-8;9-7(10)3-5-6-4-12-8(14)13(6)2-1-11-5/h7-9,11H,2-6H2,1H3;5-7,11H,1-4H2,(H,12,14)/t7-,9+;/m0./s1. The minimum absolute atomic E-state index is 0.106. The minimum Gasteiger partial charge on any atom is -0.336 e. The molecule has 0 aromatic rings. The van der Waals surface area contributed by atoms with Gasteiger partial charge in [-0.1, -0.05) is 0 Å². The lowest BCUT2D eigenvalue weighted by Gasteiger charge is -2.36. The minimum atomic E-state index is -2.32. The topological polar surface area (TPSA) is 80.0 Å². The van der Waals surface area contributed by atoms with Crippen LogP contribution >= 0.6 is 0 Å². The van der Waals surface area contributed by atoms with Crippen LogP contribution in [0, 0.1) is 0 Å². The largest absolute Gasteiger partial charge is 0.336 e. The highest BCUT2D eigenvalue weighted by molar-refractivity contribution is 5.79. The number of piperazine rings is 2. The first-order chi connectivity index (χ1) is 13.5. The van der Waals surface area contributed by atoms with E-state index in [0.29, 0.717) is 37.8 Å². The van der Waals surface area contributed by atoms with Gasteiger partial charge in [-0.15, -0.1) is 0 Å². The number of nitrogens with zero attached hydrogens (tertiary/aromatic N) is 3. The number of carbonyl (C=O) groups is 2. The summed E-state index contributed by atoms with van der Waals surface area (Å²) in [7, 11) is 0. The third-order valence-corrected chi connectivity index (χ3v) is 6.47. The fourth-order valence-electron chi connectivity index (χ4n) is 4.86. The molecule has 2 unspecified atom stereocenters. The number of urea groups is 2. The maximum Gasteiger partial charge on any atom is 0.320 e. The smallest absolute Gasteiger partial charge is 0.320 e. The van der Waals surface area contributed by atoms with Gasteiger partial charge in [-0.05, 0) is 19.8 Å². The molecule has 158 valence electrons. The van der Waals surface area contributed by atoms with Crippen molar-refractivity contribution in [3.8, 4) is 0 Å². The summed E-state index contributed by atoms with van der Waals surface area (Å²) >= 11 is 0. The summed E-state index contributed by atoms with van der Waals surface area (Å²) < 4.78 is 24.4. The van der Waals surface area contributed by atoms with E-state index in [-0.39, 0.29) is 30.6 Å². The number of hydrogen-bond donors (Lipinski definition) is 3. The Morgan fingerprint density at radius 1 is 1.07 bits per heavy atom. The molecule has 10 heteroatoms. The zero-order valence-corrected chi connectivity index (χ0v) is 16.2. The Hall–Kier alpha value is -1.68. The second-order valence-corrected chi connectivity index (χ2v) is 8.26. The van der Waals surface area contributed by atoms with Gasteiger partial charge in [0.2, 0.25) is 6.43 Å². The van der Waals surface area contributed by atoms with Crippen molar-refractivity contribution in [2.75, 3.05) is 39.3 Å². The van der Waals surface area contributed by atoms with Gasteiger partial charge in [-0.2, -0.15) is 0 Å². The SMILES string of the molecule is C[C@H]1[C@H]2CNCCN2C(=O)N1C1CC1.O=C1NCC2C(CC(F)F)NCCN12. The lowest BCUT2D eigenvalue weighted by molar-refractivity contribution is 0.0899. The maximum atomic E-state index is 12.2. The van der Waals surface area contributed by atoms with E-state index in [4.69, 9.17) is 0 Å². The molecule has 4 atom stereocenters. The number of amides is 4. The van der Waals surface area contributed by atoms with Crippen LogP contribution in [0.15, 0.2) is 0 Å². The summed E-state index contributed by atoms with van der Waals surface area (Å²) in [5, 5.41) is 9.06. The van der Waals surface area contributed by atoms with Gasteiger partial charge in [-0.25, -0.2) is 18.4 Å². The first-order valence-electron chi connectivity index (χ1n) is 10.3. The van der Waals surface area contributed by atoms with Crippen molar-refractivity contribution in [3.05, 3.63) is 0 Å². The molecular weight excluding hydrogens is 370 g/mol. The molecule has 0 aromatic heterocycles. The predicted molar refractivity (Wildman–Crippen MR) is 99.4 cm³/mol. The van der Waals surface area contributed by atoms with Crippen molar-refractivity contribution in [1.29, 1.82) is 0 Å². The van der Waals surface area contributed by atoms with Crippen molar-refractivity contribution in [1.82, 2.24) is 30.7 Å². The fraction of sp³-hybridized carbons (Fsp3) is 0.889. The van der Waals surface area contributed by atoms with Gasteiger partial charge in [0, 0.05) is 57.8 Å². The summed E-state index contributed by atoms with van der Waals surface area (Å²) in [4.78, 5) is 29.1. The highest BCUT2D eigenvalue weighted by Crippen LogP contribution is 2.35. The van der Waals surface area contributed by atoms with Gasteiger partial charge >= 0.3 is 12.1 Å². The highest BCUT2D eigenvalue weighted by atomic mass is 19.3. The third kappa shape index (κ3) is 3.76. The Bertz CT molecular complexity index is 605. The molecule has 0 radical (unpaired) electrons. The van der Waals surface area contributed by atoms with Gasteiger partial charge in [0.25, 0.3) is 0 Å². The number of carbonyl (C=O) groups excluding carboxylic acids is 2. The Balaban J connectivity index is 0.000000137. The van der Waals surface area contributed by atoms with Crippen molar-refractivity contribution < 1.29 is 18.4 Å². The van der Waals surface area contributed by atoms with E-state index in [2.05, 4.69) is 32.7 Å². The van der Waals surface area contributed by atoms with E-state index in [1.165, 1.54) is 12.8 Å². The average molecular weight is 400 g/mol. The zero-order valence-electron chi connectivity index (χ0n) is 16.2. The Kier molecular flexibility index (Phi) is 5.59. The number of halogens is 2. The average Bonchev–Trinajstić information content (AvgIpc) is 3.39. The third-order valence-electron chi connectivity index (χ3n) is 6.47. The zero-order chi connectivity index (χ0) is 19.8. The van der Waals surface area contributed by atoms with Gasteiger partial charge in [-0.3, -0.25) is 0 Å². The van der Waals surface area contributed by atoms with Crippen molar-refractivity contribution >= 4 is 12.1 Å². The predicted octanol–water partition coefficient (Wildman–Crippen LogP) is 0.254. The van der Waals surface area contributed by atoms with E-state index in [9.17, 15) is 18.4 Å². The van der Waals surface area contributed by atoms with E-state index in [0.717, 1.165) is 19.6 Å². The van der Waals surface area contributed by atoms with Crippen LogP contribution in [0.2, 0.25) is 0 Å². The lowest BCUT2D eigenvalue weighted by atomic mass is 10.0. The van der Waals surface area contributed by atoms with Crippen molar-refractivity contribution in [3.63, 3.8) is 0 Å². The molecule has 28 heavy (non-hydrogen) atoms. The lowest BCUT2D eigenvalue weighted by Crippen LogP contribution is -2.57. The van der Waals surface area contributed by atoms with E-state index in [1.54, 1.807) is 4.90 Å². The van der Waals surface area contributed by atoms with Crippen LogP contribution in [0.4, 0.5) is 18.4 Å². The normalized spacial score (nSPS) is 34.8. The summed E-state index contributed by atoms with van der Waals surface area (Å²) in [6.45, 7) is 6.68. The van der Waals surface area contributed by atoms with Crippen LogP contribution in [0.5, 0.6) is 0 Å². The van der Waals surface area contributed by atoms with Crippen molar-refractivity contribution in [2.45, 2.75) is 62.8 Å². The summed E-state index contributed by atoms with van der Waals surface area (Å²) in [5.41, 5.74) is 0. The molecule has 1 saturated carbocycles. The highest BCUT2D eigenvalue weighted by Gasteiger charge is 2.49. The Labute approximate surface area is 164 Å². The molecule has 8 nitrogen and oxygen atoms in total. The first-order valence-corrected chi connectivity index (χ1v) is 10.3. The molecule has 0 aromatic carbocycles. The Morgan fingerprint density at radius 2 is 1.82 bits per heavy atom. The molecule has 5 aliphatic rings. The molecular formula is C18H30F2N6O2. The molecule has 0 bridgehead atoms. The number of rotatable bonds is 3. The van der Waals surface area contributed by atoms with Gasteiger partial charge in [0.05, 0.1) is 18.1 Å². The van der Waals surface area contributed by atoms with E-state index >= 15 is 0 Å². The van der Waals surface area contributed by atoms with Gasteiger partial charge in [0.1, 0.15) is 0 Å². The molecule has 5 rings (SSSR count). The number of alkyl halides is 2. The molecule has 0 spiro atoms. The molecule has 1 aliphatic carbocycles. The molecule has 4 amide bonds. The van der Waals surface area contributed by atoms with Gasteiger partial charge in [0.15, 0.2) is 0 Å². The Morgan fingerprint density at radius 3 is 2.50 bits per heavy atom. The number of nitrogens with one attached hydrogen (secondary N) is 3. The summed E-state index contributed by atoms with van der Waals surface area (Å²) in [6, 6.07) is 1.15. The van der Waals surface area contributed by atoms with Crippen LogP contribution in [-0.4, -0.2) is 103 Å². The fourth-order valence-corrected chi connectivity index (χ4v) is 4.86. The van der Waals surface area contributed by atoms with E-state index in [1.807, 2.05) is 0 Å². The number of hydrogen-bond acceptors (Lipinski definition) is 4.